The number of nitrogens with zero attached hydrogens (tertiary/aromatic N) is 6. The Morgan fingerprint density at radius 2 is 0.891 bits per heavy atom. The van der Waals surface area contributed by atoms with Gasteiger partial charge in [0.05, 0.1) is 0 Å². The first-order valence-corrected chi connectivity index (χ1v) is 14.9. The van der Waals surface area contributed by atoms with Crippen LogP contribution in [0.4, 0.5) is 0 Å². The SMILES string of the molecule is CC(C)(C)c1c(O)c(O)cc2c3nc4nc(nc5[nH]c(nc6nc(nc([nH]3)c12)-c1ccccc1-6)c1ccccc51)-c1ccccc1-4. The van der Waals surface area contributed by atoms with Gasteiger partial charge in [0, 0.05) is 49.4 Å². The summed E-state index contributed by atoms with van der Waals surface area (Å²) in [7, 11) is 0. The van der Waals surface area contributed by atoms with E-state index in [2.05, 4.69) is 9.97 Å². The van der Waals surface area contributed by atoms with Gasteiger partial charge in [-0.1, -0.05) is 93.6 Å². The molecule has 0 aliphatic carbocycles. The highest BCUT2D eigenvalue weighted by Crippen LogP contribution is 2.45. The van der Waals surface area contributed by atoms with Crippen LogP contribution in [0.25, 0.3) is 89.7 Å². The highest BCUT2D eigenvalue weighted by Gasteiger charge is 2.28. The lowest BCUT2D eigenvalue weighted by Crippen LogP contribution is -2.12. The summed E-state index contributed by atoms with van der Waals surface area (Å²) in [6, 6.07) is 25.1. The van der Waals surface area contributed by atoms with Gasteiger partial charge in [-0.2, -0.15) is 0 Å². The summed E-state index contributed by atoms with van der Waals surface area (Å²) >= 11 is 0. The smallest absolute Gasteiger partial charge is 0.164 e. The summed E-state index contributed by atoms with van der Waals surface area (Å²) in [5.74, 6) is 1.50. The zero-order valence-corrected chi connectivity index (χ0v) is 25.1. The van der Waals surface area contributed by atoms with Gasteiger partial charge in [0.25, 0.3) is 0 Å². The van der Waals surface area contributed by atoms with Gasteiger partial charge < -0.3 is 20.2 Å². The van der Waals surface area contributed by atoms with Crippen LogP contribution < -0.4 is 0 Å². The number of hydrogen-bond donors (Lipinski definition) is 4. The molecule has 9 rings (SSSR count). The monoisotopic (exact) mass is 602 g/mol. The van der Waals surface area contributed by atoms with Crippen molar-refractivity contribution in [3.63, 3.8) is 0 Å². The molecule has 10 heteroatoms. The number of aromatic nitrogens is 8. The fourth-order valence-corrected chi connectivity index (χ4v) is 6.51. The number of phenolic OH excluding ortho intramolecular Hbond substituents is 2. The van der Waals surface area contributed by atoms with E-state index in [-0.39, 0.29) is 11.5 Å². The summed E-state index contributed by atoms with van der Waals surface area (Å²) in [5.41, 5.74) is 5.43. The molecular weight excluding hydrogens is 576 g/mol. The fourth-order valence-electron chi connectivity index (χ4n) is 6.51. The first-order valence-electron chi connectivity index (χ1n) is 14.9. The Labute approximate surface area is 261 Å². The standard InChI is InChI=1S/C36H26N8O2/c1-36(2,3)26-25-23(16-24(45)27(26)46)34-42-32-20-13-7-6-12-19(20)30(40-32)38-28-17-10-4-5-11-18(17)29(37-28)39-31-21-14-8-9-15-22(21)33(41-31)43-35(25)44-34/h4-16,45-46H,1-3H3,(H2,37,38,39,40,41,42,43,44). The molecule has 4 aromatic carbocycles. The van der Waals surface area contributed by atoms with E-state index in [1.807, 2.05) is 93.6 Å². The molecule has 8 bridgehead atoms. The zero-order chi connectivity index (χ0) is 31.3. The lowest BCUT2D eigenvalue weighted by Gasteiger charge is -2.22. The van der Waals surface area contributed by atoms with Gasteiger partial charge >= 0.3 is 0 Å². The third-order valence-corrected chi connectivity index (χ3v) is 8.54. The highest BCUT2D eigenvalue weighted by molar-refractivity contribution is 6.09. The Kier molecular flexibility index (Phi) is 5.24. The van der Waals surface area contributed by atoms with E-state index in [4.69, 9.17) is 29.9 Å². The number of aromatic amines is 2. The number of H-pyrrole nitrogens is 2. The minimum absolute atomic E-state index is 0.198. The molecule has 2 aliphatic heterocycles. The van der Waals surface area contributed by atoms with Crippen LogP contribution in [-0.4, -0.2) is 50.1 Å². The summed E-state index contributed by atoms with van der Waals surface area (Å²) in [6.07, 6.45) is 0. The topological polar surface area (TPSA) is 149 Å². The van der Waals surface area contributed by atoms with Gasteiger partial charge in [-0.25, -0.2) is 29.9 Å². The molecule has 10 nitrogen and oxygen atoms in total. The van der Waals surface area contributed by atoms with Gasteiger partial charge in [-0.05, 0) is 11.5 Å². The second-order valence-corrected chi connectivity index (χ2v) is 12.5. The Morgan fingerprint density at radius 1 is 0.500 bits per heavy atom. The maximum Gasteiger partial charge on any atom is 0.164 e. The van der Waals surface area contributed by atoms with Crippen LogP contribution in [0.2, 0.25) is 0 Å². The van der Waals surface area contributed by atoms with E-state index < -0.39 is 5.41 Å². The van der Waals surface area contributed by atoms with Crippen LogP contribution in [0.15, 0.2) is 78.9 Å². The highest BCUT2D eigenvalue weighted by atomic mass is 16.3. The minimum atomic E-state index is -0.560. The average molecular weight is 603 g/mol. The van der Waals surface area contributed by atoms with Crippen molar-refractivity contribution in [2.45, 2.75) is 26.2 Å². The molecule has 4 N–H and O–H groups in total. The number of nitrogens with one attached hydrogen (secondary N) is 2. The van der Waals surface area contributed by atoms with Gasteiger partial charge in [0.2, 0.25) is 0 Å². The lowest BCUT2D eigenvalue weighted by molar-refractivity contribution is 0.391. The fraction of sp³-hybridized carbons (Fsp3) is 0.111. The third kappa shape index (κ3) is 3.76. The molecule has 0 saturated carbocycles. The number of hydrogen-bond acceptors (Lipinski definition) is 8. The van der Waals surface area contributed by atoms with Crippen molar-refractivity contribution in [1.82, 2.24) is 39.9 Å². The van der Waals surface area contributed by atoms with Crippen molar-refractivity contribution in [2.24, 2.45) is 0 Å². The van der Waals surface area contributed by atoms with Crippen molar-refractivity contribution in [1.29, 1.82) is 0 Å². The van der Waals surface area contributed by atoms with Crippen LogP contribution >= 0.6 is 0 Å². The van der Waals surface area contributed by atoms with Crippen molar-refractivity contribution in [3.05, 3.63) is 84.4 Å². The quantitative estimate of drug-likeness (QED) is 0.130. The molecule has 0 atom stereocenters. The summed E-state index contributed by atoms with van der Waals surface area (Å²) < 4.78 is 0. The molecule has 0 amide bonds. The second-order valence-electron chi connectivity index (χ2n) is 12.5. The van der Waals surface area contributed by atoms with Gasteiger partial charge in [0.15, 0.2) is 34.8 Å². The second kappa shape index (κ2) is 9.18. The molecular formula is C36H26N8O2. The summed E-state index contributed by atoms with van der Waals surface area (Å²) in [5, 5.41) is 25.1. The molecule has 5 heterocycles. The molecule has 0 spiro atoms. The normalized spacial score (nSPS) is 12.4. The van der Waals surface area contributed by atoms with Crippen molar-refractivity contribution < 1.29 is 10.2 Å². The maximum absolute atomic E-state index is 11.2. The predicted molar refractivity (Wildman–Crippen MR) is 178 cm³/mol. The van der Waals surface area contributed by atoms with Crippen LogP contribution in [0.1, 0.15) is 26.3 Å². The van der Waals surface area contributed by atoms with Crippen molar-refractivity contribution in [3.8, 4) is 57.1 Å². The molecule has 2 aliphatic rings. The number of fused-ring (bicyclic) bond motifs is 20. The van der Waals surface area contributed by atoms with Gasteiger partial charge in [0.1, 0.15) is 22.6 Å². The van der Waals surface area contributed by atoms with E-state index in [9.17, 15) is 10.2 Å². The van der Waals surface area contributed by atoms with E-state index in [0.717, 1.165) is 33.0 Å². The van der Waals surface area contributed by atoms with Crippen LogP contribution in [0, 0.1) is 0 Å². The first kappa shape index (κ1) is 26.3. The summed E-state index contributed by atoms with van der Waals surface area (Å²) in [6.45, 7) is 5.93. The maximum atomic E-state index is 11.2. The lowest BCUT2D eigenvalue weighted by atomic mass is 9.83. The molecule has 7 aromatic rings. The summed E-state index contributed by atoms with van der Waals surface area (Å²) in [4.78, 5) is 36.8. The molecule has 222 valence electrons. The number of benzene rings is 4. The average Bonchev–Trinajstić information content (AvgIpc) is 3.76. The van der Waals surface area contributed by atoms with Gasteiger partial charge in [-0.15, -0.1) is 0 Å². The molecule has 0 saturated heterocycles. The van der Waals surface area contributed by atoms with E-state index >= 15 is 0 Å². The Hall–Kier alpha value is -6.16. The molecule has 0 unspecified atom stereocenters. The van der Waals surface area contributed by atoms with Crippen molar-refractivity contribution in [2.75, 3.05) is 0 Å². The van der Waals surface area contributed by atoms with Gasteiger partial charge in [-0.3, -0.25) is 0 Å². The third-order valence-electron chi connectivity index (χ3n) is 8.54. The molecule has 46 heavy (non-hydrogen) atoms. The minimum Gasteiger partial charge on any atom is -0.504 e. The number of aromatic hydroxyl groups is 2. The largest absolute Gasteiger partial charge is 0.504 e. The van der Waals surface area contributed by atoms with Crippen LogP contribution in [0.5, 0.6) is 11.5 Å². The predicted octanol–water partition coefficient (Wildman–Crippen LogP) is 7.58. The zero-order valence-electron chi connectivity index (χ0n) is 25.1. The van der Waals surface area contributed by atoms with E-state index in [1.54, 1.807) is 0 Å². The first-order chi connectivity index (χ1) is 22.2. The van der Waals surface area contributed by atoms with E-state index in [0.29, 0.717) is 62.2 Å². The molecule has 0 fully saturated rings. The van der Waals surface area contributed by atoms with Crippen LogP contribution in [-0.2, 0) is 5.41 Å². The Balaban J connectivity index is 1.54. The van der Waals surface area contributed by atoms with Crippen molar-refractivity contribution >= 4 is 44.1 Å². The molecule has 0 radical (unpaired) electrons. The Morgan fingerprint density at radius 3 is 1.35 bits per heavy atom. The molecule has 3 aromatic heterocycles. The Bertz CT molecular complexity index is 2610. The number of rotatable bonds is 0. The van der Waals surface area contributed by atoms with Crippen LogP contribution in [0.3, 0.4) is 0 Å². The van der Waals surface area contributed by atoms with E-state index in [1.165, 1.54) is 6.07 Å². The number of phenols is 2.